The summed E-state index contributed by atoms with van der Waals surface area (Å²) in [5, 5.41) is 8.87. The molecule has 17 heavy (non-hydrogen) atoms. The number of aromatic nitrogens is 2. The highest BCUT2D eigenvalue weighted by molar-refractivity contribution is 7.85. The van der Waals surface area contributed by atoms with Crippen molar-refractivity contribution >= 4 is 10.8 Å². The molecule has 94 valence electrons. The van der Waals surface area contributed by atoms with Gasteiger partial charge >= 0.3 is 5.69 Å². The largest absolute Gasteiger partial charge is 0.393 e. The molecule has 0 saturated carbocycles. The molecular formula is C9H11FN2O4S. The molecule has 1 aromatic rings. The number of nitrogens with zero attached hydrogens (tertiary/aromatic N) is 2. The monoisotopic (exact) mass is 262 g/mol. The van der Waals surface area contributed by atoms with Crippen LogP contribution in [0.5, 0.6) is 0 Å². The summed E-state index contributed by atoms with van der Waals surface area (Å²) >= 11 is 0. The lowest BCUT2D eigenvalue weighted by Crippen LogP contribution is -2.29. The molecule has 0 aromatic carbocycles. The van der Waals surface area contributed by atoms with Gasteiger partial charge in [-0.05, 0) is 6.92 Å². The Balaban J connectivity index is 2.34. The normalized spacial score (nSPS) is 28.5. The first-order valence-corrected chi connectivity index (χ1v) is 6.30. The van der Waals surface area contributed by atoms with Gasteiger partial charge in [0.05, 0.1) is 28.9 Å². The Kier molecular flexibility index (Phi) is 3.36. The molecule has 0 spiro atoms. The highest BCUT2D eigenvalue weighted by Crippen LogP contribution is 2.22. The lowest BCUT2D eigenvalue weighted by molar-refractivity contribution is -0.00763. The van der Waals surface area contributed by atoms with E-state index in [1.54, 1.807) is 0 Å². The fourth-order valence-corrected chi connectivity index (χ4v) is 2.68. The Hall–Kier alpha value is -1.12. The second-order valence-corrected chi connectivity index (χ2v) is 5.23. The summed E-state index contributed by atoms with van der Waals surface area (Å²) in [5.41, 5.74) is -1.50. The zero-order valence-electron chi connectivity index (χ0n) is 9.00. The summed E-state index contributed by atoms with van der Waals surface area (Å²) < 4.78 is 30.9. The van der Waals surface area contributed by atoms with E-state index in [-0.39, 0.29) is 11.4 Å². The van der Waals surface area contributed by atoms with Crippen LogP contribution in [-0.4, -0.2) is 36.7 Å². The minimum atomic E-state index is -1.39. The smallest absolute Gasteiger partial charge is 0.350 e. The minimum absolute atomic E-state index is 0.00378. The number of rotatable bonds is 2. The van der Waals surface area contributed by atoms with Gasteiger partial charge < -0.3 is 9.84 Å². The Morgan fingerprint density at radius 3 is 3.06 bits per heavy atom. The number of halogens is 1. The van der Waals surface area contributed by atoms with Crippen LogP contribution in [0.3, 0.4) is 0 Å². The van der Waals surface area contributed by atoms with Crippen molar-refractivity contribution in [2.45, 2.75) is 18.6 Å². The van der Waals surface area contributed by atoms with Crippen LogP contribution < -0.4 is 5.69 Å². The van der Waals surface area contributed by atoms with Crippen LogP contribution in [0.4, 0.5) is 4.39 Å². The summed E-state index contributed by atoms with van der Waals surface area (Å²) in [5.74, 6) is -0.596. The molecule has 2 rings (SSSR count). The SMILES string of the molecule is Cc1nc(=O)n([C@@H]2C[S@@](=O)[C@H](CO)O2)cc1F. The van der Waals surface area contributed by atoms with Gasteiger partial charge in [-0.1, -0.05) is 0 Å². The van der Waals surface area contributed by atoms with Gasteiger partial charge in [0, 0.05) is 6.20 Å². The summed E-state index contributed by atoms with van der Waals surface area (Å²) in [6.07, 6.45) is 0.134. The standard InChI is InChI=1S/C9H11FN2O4S/c1-5-6(10)2-12(9(14)11-5)7-4-17(15)8(3-13)16-7/h2,7-8,13H,3-4H2,1H3/t7-,8+,17+/m0/s1. The molecular weight excluding hydrogens is 251 g/mol. The molecule has 8 heteroatoms. The van der Waals surface area contributed by atoms with Crippen molar-refractivity contribution in [3.63, 3.8) is 0 Å². The number of hydrogen-bond donors (Lipinski definition) is 1. The maximum absolute atomic E-state index is 13.3. The highest BCUT2D eigenvalue weighted by Gasteiger charge is 2.33. The average Bonchev–Trinajstić information content (AvgIpc) is 2.65. The van der Waals surface area contributed by atoms with Crippen molar-refractivity contribution in [1.82, 2.24) is 9.55 Å². The molecule has 1 fully saturated rings. The number of aryl methyl sites for hydroxylation is 1. The number of ether oxygens (including phenoxy) is 1. The zero-order valence-corrected chi connectivity index (χ0v) is 9.82. The number of hydrogen-bond acceptors (Lipinski definition) is 5. The maximum Gasteiger partial charge on any atom is 0.350 e. The van der Waals surface area contributed by atoms with Crippen molar-refractivity contribution in [2.75, 3.05) is 12.4 Å². The Morgan fingerprint density at radius 1 is 1.76 bits per heavy atom. The van der Waals surface area contributed by atoms with Crippen molar-refractivity contribution in [3.8, 4) is 0 Å². The molecule has 6 nitrogen and oxygen atoms in total. The van der Waals surface area contributed by atoms with E-state index in [1.807, 2.05) is 0 Å². The van der Waals surface area contributed by atoms with E-state index in [2.05, 4.69) is 4.98 Å². The van der Waals surface area contributed by atoms with Crippen molar-refractivity contribution in [2.24, 2.45) is 0 Å². The summed E-state index contributed by atoms with van der Waals surface area (Å²) in [4.78, 5) is 15.0. The topological polar surface area (TPSA) is 81.4 Å². The third-order valence-corrected chi connectivity index (χ3v) is 3.91. The fourth-order valence-electron chi connectivity index (χ4n) is 1.53. The fraction of sp³-hybridized carbons (Fsp3) is 0.556. The Labute approximate surface area is 98.5 Å². The quantitative estimate of drug-likeness (QED) is 0.761. The van der Waals surface area contributed by atoms with Crippen LogP contribution in [-0.2, 0) is 15.5 Å². The number of aliphatic hydroxyl groups is 1. The van der Waals surface area contributed by atoms with Gasteiger partial charge in [-0.25, -0.2) is 9.18 Å². The number of aliphatic hydroxyl groups excluding tert-OH is 1. The summed E-state index contributed by atoms with van der Waals surface area (Å²) in [6, 6.07) is 0. The molecule has 0 aliphatic carbocycles. The van der Waals surface area contributed by atoms with Crippen molar-refractivity contribution < 1.29 is 18.4 Å². The molecule has 1 N–H and O–H groups in total. The Bertz CT molecular complexity index is 518. The van der Waals surface area contributed by atoms with Gasteiger partial charge in [-0.2, -0.15) is 4.98 Å². The van der Waals surface area contributed by atoms with Crippen LogP contribution in [0.15, 0.2) is 11.0 Å². The van der Waals surface area contributed by atoms with Gasteiger partial charge in [0.2, 0.25) is 0 Å². The molecule has 1 saturated heterocycles. The molecule has 0 bridgehead atoms. The second kappa shape index (κ2) is 4.63. The molecule has 1 aliphatic rings. The van der Waals surface area contributed by atoms with Crippen LogP contribution in [0, 0.1) is 12.7 Å². The van der Waals surface area contributed by atoms with Crippen LogP contribution in [0.25, 0.3) is 0 Å². The highest BCUT2D eigenvalue weighted by atomic mass is 32.2. The summed E-state index contributed by atoms with van der Waals surface area (Å²) in [7, 11) is -1.39. The first-order chi connectivity index (χ1) is 8.02. The second-order valence-electron chi connectivity index (χ2n) is 3.61. The van der Waals surface area contributed by atoms with E-state index >= 15 is 0 Å². The van der Waals surface area contributed by atoms with Gasteiger partial charge in [0.15, 0.2) is 17.5 Å². The molecule has 3 atom stereocenters. The zero-order chi connectivity index (χ0) is 12.6. The van der Waals surface area contributed by atoms with E-state index < -0.39 is 40.6 Å². The predicted molar refractivity (Wildman–Crippen MR) is 57.2 cm³/mol. The maximum atomic E-state index is 13.3. The van der Waals surface area contributed by atoms with Gasteiger partial charge in [0.25, 0.3) is 0 Å². The molecule has 0 amide bonds. The first kappa shape index (κ1) is 12.3. The van der Waals surface area contributed by atoms with Gasteiger partial charge in [-0.3, -0.25) is 8.78 Å². The minimum Gasteiger partial charge on any atom is -0.393 e. The third-order valence-electron chi connectivity index (χ3n) is 2.45. The van der Waals surface area contributed by atoms with E-state index in [9.17, 15) is 13.4 Å². The van der Waals surface area contributed by atoms with Crippen molar-refractivity contribution in [3.05, 3.63) is 28.2 Å². The van der Waals surface area contributed by atoms with Gasteiger partial charge in [-0.15, -0.1) is 0 Å². The van der Waals surface area contributed by atoms with E-state index in [4.69, 9.17) is 9.84 Å². The van der Waals surface area contributed by atoms with Crippen LogP contribution in [0.2, 0.25) is 0 Å². The Morgan fingerprint density at radius 2 is 2.47 bits per heavy atom. The molecule has 1 aromatic heterocycles. The van der Waals surface area contributed by atoms with Crippen molar-refractivity contribution in [1.29, 1.82) is 0 Å². The average molecular weight is 262 g/mol. The molecule has 0 unspecified atom stereocenters. The van der Waals surface area contributed by atoms with Gasteiger partial charge in [0.1, 0.15) is 0 Å². The van der Waals surface area contributed by atoms with E-state index in [0.717, 1.165) is 10.8 Å². The van der Waals surface area contributed by atoms with E-state index in [1.165, 1.54) is 6.92 Å². The third kappa shape index (κ3) is 2.28. The predicted octanol–water partition coefficient (Wildman–Crippen LogP) is -0.713. The lowest BCUT2D eigenvalue weighted by Gasteiger charge is -2.13. The molecule has 2 heterocycles. The van der Waals surface area contributed by atoms with E-state index in [0.29, 0.717) is 0 Å². The molecule has 0 radical (unpaired) electrons. The first-order valence-electron chi connectivity index (χ1n) is 4.91. The van der Waals surface area contributed by atoms with Crippen LogP contribution >= 0.6 is 0 Å². The lowest BCUT2D eigenvalue weighted by atomic mass is 10.4. The molecule has 1 aliphatic heterocycles. The summed E-state index contributed by atoms with van der Waals surface area (Å²) in [6.45, 7) is 0.977. The van der Waals surface area contributed by atoms with Crippen LogP contribution in [0.1, 0.15) is 11.9 Å².